The van der Waals surface area contributed by atoms with E-state index >= 15 is 0 Å². The quantitative estimate of drug-likeness (QED) is 0.912. The second-order valence-electron chi connectivity index (χ2n) is 4.46. The molecular formula is C12H19BrN4. The monoisotopic (exact) mass is 298 g/mol. The van der Waals surface area contributed by atoms with Gasteiger partial charge in [-0.25, -0.2) is 4.98 Å². The third kappa shape index (κ3) is 3.18. The molecule has 1 aliphatic rings. The van der Waals surface area contributed by atoms with Gasteiger partial charge in [-0.05, 0) is 36.1 Å². The topological polar surface area (TPSA) is 31.4 Å². The Morgan fingerprint density at radius 2 is 2.06 bits per heavy atom. The van der Waals surface area contributed by atoms with Gasteiger partial charge in [0, 0.05) is 49.0 Å². The number of hydrogen-bond donors (Lipinski definition) is 1. The molecule has 1 N–H and O–H groups in total. The van der Waals surface area contributed by atoms with Crippen molar-refractivity contribution >= 4 is 21.7 Å². The van der Waals surface area contributed by atoms with Gasteiger partial charge in [0.2, 0.25) is 0 Å². The van der Waals surface area contributed by atoms with Crippen LogP contribution in [0.25, 0.3) is 0 Å². The molecule has 1 fully saturated rings. The zero-order chi connectivity index (χ0) is 12.3. The summed E-state index contributed by atoms with van der Waals surface area (Å²) in [7, 11) is 4.13. The maximum absolute atomic E-state index is 4.57. The normalized spacial score (nSPS) is 17.5. The molecule has 0 radical (unpaired) electrons. The molecule has 0 unspecified atom stereocenters. The third-order valence-electron chi connectivity index (χ3n) is 3.08. The van der Waals surface area contributed by atoms with Crippen molar-refractivity contribution in [2.45, 2.75) is 6.54 Å². The minimum Gasteiger partial charge on any atom is -0.354 e. The van der Waals surface area contributed by atoms with E-state index < -0.39 is 0 Å². The van der Waals surface area contributed by atoms with Crippen LogP contribution in [-0.2, 0) is 6.54 Å². The van der Waals surface area contributed by atoms with E-state index in [1.54, 1.807) is 0 Å². The number of pyridine rings is 1. The van der Waals surface area contributed by atoms with Crippen LogP contribution in [0.5, 0.6) is 0 Å². The lowest BCUT2D eigenvalue weighted by molar-refractivity contribution is 0.311. The average Bonchev–Trinajstić information content (AvgIpc) is 2.31. The van der Waals surface area contributed by atoms with Crippen LogP contribution in [0.2, 0.25) is 0 Å². The third-order valence-corrected chi connectivity index (χ3v) is 3.51. The highest BCUT2D eigenvalue weighted by Crippen LogP contribution is 2.22. The van der Waals surface area contributed by atoms with Gasteiger partial charge in [-0.3, -0.25) is 0 Å². The highest BCUT2D eigenvalue weighted by Gasteiger charge is 2.17. The van der Waals surface area contributed by atoms with E-state index in [1.165, 1.54) is 5.56 Å². The average molecular weight is 299 g/mol. The van der Waals surface area contributed by atoms with Gasteiger partial charge in [-0.2, -0.15) is 0 Å². The Morgan fingerprint density at radius 3 is 2.71 bits per heavy atom. The zero-order valence-corrected chi connectivity index (χ0v) is 12.0. The van der Waals surface area contributed by atoms with Crippen LogP contribution in [0.4, 0.5) is 5.82 Å². The Bertz CT molecular complexity index is 375. The molecule has 0 bridgehead atoms. The smallest absolute Gasteiger partial charge is 0.133 e. The van der Waals surface area contributed by atoms with Crippen LogP contribution < -0.4 is 10.2 Å². The van der Waals surface area contributed by atoms with Crippen molar-refractivity contribution in [3.8, 4) is 0 Å². The Kier molecular flexibility index (Phi) is 4.36. The molecule has 1 aromatic heterocycles. The number of hydrogen-bond acceptors (Lipinski definition) is 4. The second-order valence-corrected chi connectivity index (χ2v) is 5.37. The van der Waals surface area contributed by atoms with Gasteiger partial charge in [-0.15, -0.1) is 0 Å². The maximum Gasteiger partial charge on any atom is 0.133 e. The van der Waals surface area contributed by atoms with Crippen molar-refractivity contribution in [1.82, 2.24) is 15.2 Å². The Hall–Kier alpha value is -0.650. The van der Waals surface area contributed by atoms with Crippen LogP contribution in [0.15, 0.2) is 16.7 Å². The first-order chi connectivity index (χ1) is 8.20. The number of rotatable bonds is 3. The van der Waals surface area contributed by atoms with Crippen molar-refractivity contribution in [1.29, 1.82) is 0 Å². The molecule has 1 aliphatic heterocycles. The predicted molar refractivity (Wildman–Crippen MR) is 74.4 cm³/mol. The molecule has 0 aliphatic carbocycles. The van der Waals surface area contributed by atoms with Crippen molar-refractivity contribution in [2.24, 2.45) is 0 Å². The molecule has 2 rings (SSSR count). The molecule has 17 heavy (non-hydrogen) atoms. The molecule has 1 saturated heterocycles. The first-order valence-corrected chi connectivity index (χ1v) is 6.72. The molecule has 0 aromatic carbocycles. The standard InChI is InChI=1S/C12H19BrN4/c1-14-8-10-7-11(13)9-15-12(10)17-5-3-16(2)4-6-17/h7,9,14H,3-6,8H2,1-2H3. The lowest BCUT2D eigenvalue weighted by Crippen LogP contribution is -2.45. The van der Waals surface area contributed by atoms with Gasteiger partial charge >= 0.3 is 0 Å². The van der Waals surface area contributed by atoms with E-state index in [1.807, 2.05) is 13.2 Å². The fourth-order valence-corrected chi connectivity index (χ4v) is 2.48. The maximum atomic E-state index is 4.57. The van der Waals surface area contributed by atoms with Crippen LogP contribution >= 0.6 is 15.9 Å². The lowest BCUT2D eigenvalue weighted by atomic mass is 10.2. The Labute approximate surface area is 111 Å². The number of nitrogens with one attached hydrogen (secondary N) is 1. The molecule has 0 saturated carbocycles. The molecule has 0 amide bonds. The summed E-state index contributed by atoms with van der Waals surface area (Å²) < 4.78 is 1.04. The fourth-order valence-electron chi connectivity index (χ4n) is 2.10. The van der Waals surface area contributed by atoms with Crippen LogP contribution in [0, 0.1) is 0 Å². The minimum atomic E-state index is 0.855. The van der Waals surface area contributed by atoms with Gasteiger partial charge in [0.05, 0.1) is 0 Å². The van der Waals surface area contributed by atoms with E-state index in [-0.39, 0.29) is 0 Å². The van der Waals surface area contributed by atoms with Crippen molar-refractivity contribution in [2.75, 3.05) is 45.2 Å². The SMILES string of the molecule is CNCc1cc(Br)cnc1N1CCN(C)CC1. The van der Waals surface area contributed by atoms with Crippen LogP contribution in [0.3, 0.4) is 0 Å². The largest absolute Gasteiger partial charge is 0.354 e. The summed E-state index contributed by atoms with van der Waals surface area (Å²) in [6.45, 7) is 5.19. The summed E-state index contributed by atoms with van der Waals surface area (Å²) in [6, 6.07) is 2.15. The van der Waals surface area contributed by atoms with Crippen LogP contribution in [0.1, 0.15) is 5.56 Å². The van der Waals surface area contributed by atoms with E-state index in [9.17, 15) is 0 Å². The molecule has 1 aromatic rings. The summed E-state index contributed by atoms with van der Waals surface area (Å²) in [4.78, 5) is 9.29. The summed E-state index contributed by atoms with van der Waals surface area (Å²) in [6.07, 6.45) is 1.88. The Balaban J connectivity index is 2.18. The first kappa shape index (κ1) is 12.8. The van der Waals surface area contributed by atoms with Crippen molar-refractivity contribution in [3.05, 3.63) is 22.3 Å². The van der Waals surface area contributed by atoms with Crippen molar-refractivity contribution in [3.63, 3.8) is 0 Å². The van der Waals surface area contributed by atoms with E-state index in [4.69, 9.17) is 0 Å². The van der Waals surface area contributed by atoms with E-state index in [0.29, 0.717) is 0 Å². The van der Waals surface area contributed by atoms with Gasteiger partial charge in [-0.1, -0.05) is 0 Å². The molecule has 0 atom stereocenters. The van der Waals surface area contributed by atoms with Gasteiger partial charge in [0.15, 0.2) is 0 Å². The number of nitrogens with zero attached hydrogens (tertiary/aromatic N) is 3. The number of aromatic nitrogens is 1. The van der Waals surface area contributed by atoms with E-state index in [0.717, 1.165) is 43.0 Å². The van der Waals surface area contributed by atoms with Gasteiger partial charge in [0.25, 0.3) is 0 Å². The molecule has 4 nitrogen and oxygen atoms in total. The summed E-state index contributed by atoms with van der Waals surface area (Å²) in [5.74, 6) is 1.12. The number of piperazine rings is 1. The summed E-state index contributed by atoms with van der Waals surface area (Å²) in [5.41, 5.74) is 1.26. The summed E-state index contributed by atoms with van der Waals surface area (Å²) in [5, 5.41) is 3.20. The fraction of sp³-hybridized carbons (Fsp3) is 0.583. The number of likely N-dealkylation sites (N-methyl/N-ethyl adjacent to an activating group) is 1. The molecule has 5 heteroatoms. The highest BCUT2D eigenvalue weighted by atomic mass is 79.9. The first-order valence-electron chi connectivity index (χ1n) is 5.93. The highest BCUT2D eigenvalue weighted by molar-refractivity contribution is 9.10. The van der Waals surface area contributed by atoms with E-state index in [2.05, 4.69) is 49.1 Å². The zero-order valence-electron chi connectivity index (χ0n) is 10.4. The van der Waals surface area contributed by atoms with Crippen LogP contribution in [-0.4, -0.2) is 50.2 Å². The van der Waals surface area contributed by atoms with Gasteiger partial charge in [0.1, 0.15) is 5.82 Å². The minimum absolute atomic E-state index is 0.855. The van der Waals surface area contributed by atoms with Crippen molar-refractivity contribution < 1.29 is 0 Å². The molecule has 0 spiro atoms. The predicted octanol–water partition coefficient (Wildman–Crippen LogP) is 1.32. The number of halogens is 1. The second kappa shape index (κ2) is 5.80. The molecular weight excluding hydrogens is 280 g/mol. The molecule has 94 valence electrons. The number of anilines is 1. The Morgan fingerprint density at radius 1 is 1.35 bits per heavy atom. The molecule has 2 heterocycles. The summed E-state index contributed by atoms with van der Waals surface area (Å²) >= 11 is 3.48. The lowest BCUT2D eigenvalue weighted by Gasteiger charge is -2.34. The van der Waals surface area contributed by atoms with Gasteiger partial charge < -0.3 is 15.1 Å².